The molecule has 1 aromatic heterocycles. The maximum atomic E-state index is 14.2. The molecule has 0 amide bonds. The molecule has 1 aliphatic rings. The van der Waals surface area contributed by atoms with Crippen LogP contribution < -0.4 is 0 Å². The van der Waals surface area contributed by atoms with E-state index in [1.54, 1.807) is 18.7 Å². The third kappa shape index (κ3) is 1.25. The maximum absolute atomic E-state index is 14.2. The molecule has 2 rings (SSSR count). The Hall–Kier alpha value is -0.900. The van der Waals surface area contributed by atoms with E-state index in [9.17, 15) is 4.39 Å². The summed E-state index contributed by atoms with van der Waals surface area (Å²) in [6.07, 6.45) is 2.24. The number of fused-ring (bicyclic) bond motifs is 1. The van der Waals surface area contributed by atoms with Gasteiger partial charge in [-0.15, -0.1) is 0 Å². The van der Waals surface area contributed by atoms with Gasteiger partial charge in [-0.1, -0.05) is 0 Å². The van der Waals surface area contributed by atoms with E-state index >= 15 is 0 Å². The molecule has 4 heteroatoms. The summed E-state index contributed by atoms with van der Waals surface area (Å²) < 4.78 is 15.9. The highest BCUT2D eigenvalue weighted by Gasteiger charge is 2.36. The molecule has 0 fully saturated rings. The molecule has 0 saturated heterocycles. The molecule has 1 atom stereocenters. The minimum Gasteiger partial charge on any atom is -0.390 e. The first-order chi connectivity index (χ1) is 6.56. The lowest BCUT2D eigenvalue weighted by Gasteiger charge is -2.26. The Morgan fingerprint density at radius 2 is 2.36 bits per heavy atom. The first kappa shape index (κ1) is 9.65. The summed E-state index contributed by atoms with van der Waals surface area (Å²) in [7, 11) is 1.80. The molecule has 0 aromatic carbocycles. The van der Waals surface area contributed by atoms with Gasteiger partial charge in [0.25, 0.3) is 0 Å². The molecule has 0 bridgehead atoms. The van der Waals surface area contributed by atoms with Crippen LogP contribution >= 0.6 is 0 Å². The normalized spacial score (nSPS) is 26.3. The molecule has 1 N–H and O–H groups in total. The molecular weight excluding hydrogens is 183 g/mol. The fraction of sp³-hybridized carbons (Fsp3) is 0.700. The van der Waals surface area contributed by atoms with Crippen molar-refractivity contribution >= 4 is 0 Å². The Morgan fingerprint density at radius 1 is 1.64 bits per heavy atom. The highest BCUT2D eigenvalue weighted by molar-refractivity contribution is 5.34. The molecule has 14 heavy (non-hydrogen) atoms. The van der Waals surface area contributed by atoms with Gasteiger partial charge in [-0.2, -0.15) is 5.10 Å². The fourth-order valence-corrected chi connectivity index (χ4v) is 2.33. The minimum atomic E-state index is -1.32. The van der Waals surface area contributed by atoms with Crippen LogP contribution in [0.3, 0.4) is 0 Å². The lowest BCUT2D eigenvalue weighted by Crippen LogP contribution is -2.23. The molecular formula is C10H15FN2O. The van der Waals surface area contributed by atoms with Crippen LogP contribution in [0.2, 0.25) is 0 Å². The third-order valence-electron chi connectivity index (χ3n) is 2.97. The second kappa shape index (κ2) is 3.05. The van der Waals surface area contributed by atoms with Gasteiger partial charge in [0.2, 0.25) is 0 Å². The first-order valence-electron chi connectivity index (χ1n) is 4.91. The topological polar surface area (TPSA) is 38.0 Å². The zero-order valence-corrected chi connectivity index (χ0v) is 8.55. The number of hydrogen-bond donors (Lipinski definition) is 1. The van der Waals surface area contributed by atoms with Crippen LogP contribution in [0, 0.1) is 0 Å². The van der Waals surface area contributed by atoms with E-state index in [1.807, 2.05) is 0 Å². The standard InChI is InChI=1S/C10H15FN2O/c1-10(11)5-3-4-8-9(10)7(6-14)12-13(8)2/h14H,3-6H2,1-2H3. The van der Waals surface area contributed by atoms with Gasteiger partial charge in [0.15, 0.2) is 0 Å². The Balaban J connectivity index is 2.60. The second-order valence-electron chi connectivity index (χ2n) is 4.10. The number of hydrogen-bond acceptors (Lipinski definition) is 2. The van der Waals surface area contributed by atoms with Gasteiger partial charge >= 0.3 is 0 Å². The van der Waals surface area contributed by atoms with E-state index in [-0.39, 0.29) is 6.61 Å². The zero-order valence-electron chi connectivity index (χ0n) is 8.55. The molecule has 0 spiro atoms. The SMILES string of the molecule is Cn1nc(CO)c2c1CCCC2(C)F. The van der Waals surface area contributed by atoms with E-state index in [1.165, 1.54) is 0 Å². The number of alkyl halides is 1. The zero-order chi connectivity index (χ0) is 10.3. The van der Waals surface area contributed by atoms with E-state index in [0.717, 1.165) is 18.5 Å². The van der Waals surface area contributed by atoms with Gasteiger partial charge in [-0.3, -0.25) is 4.68 Å². The number of aliphatic hydroxyl groups excluding tert-OH is 1. The molecule has 1 aliphatic carbocycles. The van der Waals surface area contributed by atoms with Crippen molar-refractivity contribution in [3.8, 4) is 0 Å². The van der Waals surface area contributed by atoms with E-state index in [0.29, 0.717) is 17.7 Å². The average Bonchev–Trinajstić information content (AvgIpc) is 2.44. The Labute approximate surface area is 82.5 Å². The molecule has 1 heterocycles. The van der Waals surface area contributed by atoms with Gasteiger partial charge < -0.3 is 5.11 Å². The predicted octanol–water partition coefficient (Wildman–Crippen LogP) is 1.43. The van der Waals surface area contributed by atoms with Crippen molar-refractivity contribution in [2.24, 2.45) is 7.05 Å². The summed E-state index contributed by atoms with van der Waals surface area (Å²) in [5.41, 5.74) is 0.728. The van der Waals surface area contributed by atoms with Crippen LogP contribution in [0.4, 0.5) is 4.39 Å². The summed E-state index contributed by atoms with van der Waals surface area (Å²) in [5.74, 6) is 0. The Morgan fingerprint density at radius 3 is 3.00 bits per heavy atom. The molecule has 0 aliphatic heterocycles. The number of aryl methyl sites for hydroxylation is 1. The number of halogens is 1. The lowest BCUT2D eigenvalue weighted by molar-refractivity contribution is 0.156. The number of rotatable bonds is 1. The van der Waals surface area contributed by atoms with E-state index < -0.39 is 5.67 Å². The molecule has 3 nitrogen and oxygen atoms in total. The highest BCUT2D eigenvalue weighted by atomic mass is 19.1. The molecule has 78 valence electrons. The Bertz CT molecular complexity index is 357. The largest absolute Gasteiger partial charge is 0.390 e. The van der Waals surface area contributed by atoms with Gasteiger partial charge in [0.05, 0.1) is 12.3 Å². The Kier molecular flexibility index (Phi) is 2.10. The summed E-state index contributed by atoms with van der Waals surface area (Å²) in [4.78, 5) is 0. The monoisotopic (exact) mass is 198 g/mol. The van der Waals surface area contributed by atoms with Crippen LogP contribution in [0.25, 0.3) is 0 Å². The van der Waals surface area contributed by atoms with E-state index in [2.05, 4.69) is 5.10 Å². The molecule has 1 aromatic rings. The summed E-state index contributed by atoms with van der Waals surface area (Å²) in [6.45, 7) is 1.40. The summed E-state index contributed by atoms with van der Waals surface area (Å²) in [6, 6.07) is 0. The van der Waals surface area contributed by atoms with Crippen LogP contribution in [0.5, 0.6) is 0 Å². The van der Waals surface area contributed by atoms with Crippen molar-refractivity contribution < 1.29 is 9.50 Å². The van der Waals surface area contributed by atoms with Crippen LogP contribution in [-0.2, 0) is 25.7 Å². The maximum Gasteiger partial charge on any atom is 0.136 e. The molecule has 0 radical (unpaired) electrons. The number of nitrogens with zero attached hydrogens (tertiary/aromatic N) is 2. The van der Waals surface area contributed by atoms with Gasteiger partial charge in [0.1, 0.15) is 5.67 Å². The molecule has 1 unspecified atom stereocenters. The minimum absolute atomic E-state index is 0.178. The van der Waals surface area contributed by atoms with Crippen molar-refractivity contribution in [3.63, 3.8) is 0 Å². The van der Waals surface area contributed by atoms with Crippen LogP contribution in [0.15, 0.2) is 0 Å². The van der Waals surface area contributed by atoms with Gasteiger partial charge in [0, 0.05) is 18.3 Å². The van der Waals surface area contributed by atoms with Crippen LogP contribution in [0.1, 0.15) is 36.7 Å². The van der Waals surface area contributed by atoms with Crippen molar-refractivity contribution in [2.75, 3.05) is 0 Å². The van der Waals surface area contributed by atoms with E-state index in [4.69, 9.17) is 5.11 Å². The van der Waals surface area contributed by atoms with Crippen LogP contribution in [-0.4, -0.2) is 14.9 Å². The molecule has 0 saturated carbocycles. The highest BCUT2D eigenvalue weighted by Crippen LogP contribution is 2.39. The number of aromatic nitrogens is 2. The van der Waals surface area contributed by atoms with Crippen molar-refractivity contribution in [1.82, 2.24) is 9.78 Å². The van der Waals surface area contributed by atoms with Crippen molar-refractivity contribution in [2.45, 2.75) is 38.5 Å². The third-order valence-corrected chi connectivity index (χ3v) is 2.97. The number of aliphatic hydroxyl groups is 1. The second-order valence-corrected chi connectivity index (χ2v) is 4.10. The predicted molar refractivity (Wildman–Crippen MR) is 50.5 cm³/mol. The van der Waals surface area contributed by atoms with Gasteiger partial charge in [-0.05, 0) is 26.2 Å². The lowest BCUT2D eigenvalue weighted by atomic mass is 9.84. The summed E-state index contributed by atoms with van der Waals surface area (Å²) >= 11 is 0. The average molecular weight is 198 g/mol. The van der Waals surface area contributed by atoms with Crippen molar-refractivity contribution in [3.05, 3.63) is 17.0 Å². The van der Waals surface area contributed by atoms with Gasteiger partial charge in [-0.25, -0.2) is 4.39 Å². The quantitative estimate of drug-likeness (QED) is 0.741. The smallest absolute Gasteiger partial charge is 0.136 e. The fourth-order valence-electron chi connectivity index (χ4n) is 2.33. The van der Waals surface area contributed by atoms with Crippen molar-refractivity contribution in [1.29, 1.82) is 0 Å². The first-order valence-corrected chi connectivity index (χ1v) is 4.91. The summed E-state index contributed by atoms with van der Waals surface area (Å²) in [5, 5.41) is 13.2.